The Labute approximate surface area is 165 Å². The fourth-order valence-corrected chi connectivity index (χ4v) is 3.01. The number of likely N-dealkylation sites (N-methyl/N-ethyl adjacent to an activating group) is 1. The molecule has 0 atom stereocenters. The number of halogens is 1. The first kappa shape index (κ1) is 19.1. The van der Waals surface area contributed by atoms with Crippen LogP contribution in [0, 0.1) is 6.92 Å². The number of pyridine rings is 1. The highest BCUT2D eigenvalue weighted by atomic mass is 35.5. The SMILES string of the molecule is Cc1cc(N(C)CCc2ccncc2)nc(NCCc2cccc(Cl)c2)n1. The van der Waals surface area contributed by atoms with E-state index in [0.29, 0.717) is 5.95 Å². The quantitative estimate of drug-likeness (QED) is 0.634. The van der Waals surface area contributed by atoms with E-state index in [1.807, 2.05) is 55.7 Å². The van der Waals surface area contributed by atoms with Crippen LogP contribution in [0.5, 0.6) is 0 Å². The molecule has 0 aliphatic rings. The van der Waals surface area contributed by atoms with Gasteiger partial charge in [0.15, 0.2) is 0 Å². The van der Waals surface area contributed by atoms with Gasteiger partial charge in [-0.15, -0.1) is 0 Å². The molecule has 0 spiro atoms. The maximum absolute atomic E-state index is 6.04. The van der Waals surface area contributed by atoms with Gasteiger partial charge in [-0.25, -0.2) is 4.98 Å². The molecule has 0 amide bonds. The lowest BCUT2D eigenvalue weighted by Crippen LogP contribution is -2.22. The van der Waals surface area contributed by atoms with Crippen molar-refractivity contribution in [1.82, 2.24) is 15.0 Å². The molecule has 0 unspecified atom stereocenters. The smallest absolute Gasteiger partial charge is 0.224 e. The average molecular weight is 382 g/mol. The van der Waals surface area contributed by atoms with Crippen LogP contribution in [-0.2, 0) is 12.8 Å². The Morgan fingerprint density at radius 3 is 2.59 bits per heavy atom. The number of aromatic nitrogens is 3. The van der Waals surface area contributed by atoms with Crippen molar-refractivity contribution >= 4 is 23.4 Å². The maximum Gasteiger partial charge on any atom is 0.224 e. The van der Waals surface area contributed by atoms with Crippen molar-refractivity contribution in [3.05, 3.63) is 76.7 Å². The van der Waals surface area contributed by atoms with Gasteiger partial charge < -0.3 is 10.2 Å². The number of nitrogens with one attached hydrogen (secondary N) is 1. The molecule has 0 aliphatic heterocycles. The summed E-state index contributed by atoms with van der Waals surface area (Å²) in [7, 11) is 2.05. The monoisotopic (exact) mass is 381 g/mol. The van der Waals surface area contributed by atoms with Gasteiger partial charge in [-0.1, -0.05) is 23.7 Å². The number of aryl methyl sites for hydroxylation is 1. The molecule has 0 bridgehead atoms. The summed E-state index contributed by atoms with van der Waals surface area (Å²) in [6.45, 7) is 3.62. The zero-order valence-corrected chi connectivity index (χ0v) is 16.4. The third-order valence-corrected chi connectivity index (χ3v) is 4.54. The van der Waals surface area contributed by atoms with Crippen molar-refractivity contribution in [2.45, 2.75) is 19.8 Å². The average Bonchev–Trinajstić information content (AvgIpc) is 2.66. The van der Waals surface area contributed by atoms with Gasteiger partial charge in [-0.05, 0) is 55.2 Å². The van der Waals surface area contributed by atoms with Crippen molar-refractivity contribution in [3.63, 3.8) is 0 Å². The van der Waals surface area contributed by atoms with Gasteiger partial charge in [0.1, 0.15) is 5.82 Å². The molecule has 27 heavy (non-hydrogen) atoms. The van der Waals surface area contributed by atoms with Crippen molar-refractivity contribution in [2.75, 3.05) is 30.4 Å². The van der Waals surface area contributed by atoms with Gasteiger partial charge in [0.2, 0.25) is 5.95 Å². The molecule has 2 heterocycles. The number of rotatable bonds is 8. The summed E-state index contributed by atoms with van der Waals surface area (Å²) < 4.78 is 0. The fraction of sp³-hybridized carbons (Fsp3) is 0.286. The molecule has 1 N–H and O–H groups in total. The van der Waals surface area contributed by atoms with Crippen LogP contribution in [0.2, 0.25) is 5.02 Å². The molecule has 1 aromatic carbocycles. The predicted octanol–water partition coefficient (Wildman–Crippen LogP) is 4.17. The lowest BCUT2D eigenvalue weighted by atomic mass is 10.1. The third kappa shape index (κ3) is 5.93. The molecule has 0 saturated heterocycles. The largest absolute Gasteiger partial charge is 0.359 e. The van der Waals surface area contributed by atoms with Crippen molar-refractivity contribution < 1.29 is 0 Å². The summed E-state index contributed by atoms with van der Waals surface area (Å²) in [5, 5.41) is 4.08. The first-order chi connectivity index (χ1) is 13.1. The highest BCUT2D eigenvalue weighted by Crippen LogP contribution is 2.15. The van der Waals surface area contributed by atoms with Crippen LogP contribution in [0.15, 0.2) is 54.9 Å². The zero-order valence-electron chi connectivity index (χ0n) is 15.7. The first-order valence-electron chi connectivity index (χ1n) is 9.04. The summed E-state index contributed by atoms with van der Waals surface area (Å²) in [4.78, 5) is 15.4. The first-order valence-corrected chi connectivity index (χ1v) is 9.42. The number of nitrogens with zero attached hydrogens (tertiary/aromatic N) is 4. The lowest BCUT2D eigenvalue weighted by molar-refractivity contribution is 0.850. The second-order valence-corrected chi connectivity index (χ2v) is 6.96. The molecule has 0 fully saturated rings. The molecule has 3 rings (SSSR count). The van der Waals surface area contributed by atoms with Gasteiger partial charge in [0, 0.05) is 49.3 Å². The predicted molar refractivity (Wildman–Crippen MR) is 112 cm³/mol. The number of anilines is 2. The zero-order chi connectivity index (χ0) is 19.1. The summed E-state index contributed by atoms with van der Waals surface area (Å²) in [6.07, 6.45) is 5.46. The molecule has 6 heteroatoms. The van der Waals surface area contributed by atoms with Crippen molar-refractivity contribution in [3.8, 4) is 0 Å². The van der Waals surface area contributed by atoms with Crippen molar-refractivity contribution in [2.24, 2.45) is 0 Å². The van der Waals surface area contributed by atoms with E-state index in [9.17, 15) is 0 Å². The van der Waals surface area contributed by atoms with Gasteiger partial charge in [0.05, 0.1) is 0 Å². The molecule has 0 aliphatic carbocycles. The van der Waals surface area contributed by atoms with E-state index < -0.39 is 0 Å². The van der Waals surface area contributed by atoms with E-state index in [4.69, 9.17) is 11.6 Å². The van der Waals surface area contributed by atoms with Crippen LogP contribution >= 0.6 is 11.6 Å². The lowest BCUT2D eigenvalue weighted by Gasteiger charge is -2.19. The van der Waals surface area contributed by atoms with E-state index in [0.717, 1.165) is 42.5 Å². The van der Waals surface area contributed by atoms with Gasteiger partial charge in [-0.3, -0.25) is 4.98 Å². The molecule has 5 nitrogen and oxygen atoms in total. The molecule has 140 valence electrons. The normalized spacial score (nSPS) is 10.6. The van der Waals surface area contributed by atoms with E-state index >= 15 is 0 Å². The Balaban J connectivity index is 1.58. The van der Waals surface area contributed by atoms with E-state index in [1.165, 1.54) is 11.1 Å². The summed E-state index contributed by atoms with van der Waals surface area (Å²) in [5.74, 6) is 1.57. The summed E-state index contributed by atoms with van der Waals surface area (Å²) in [6, 6.07) is 14.0. The molecule has 3 aromatic rings. The van der Waals surface area contributed by atoms with Crippen LogP contribution in [0.4, 0.5) is 11.8 Å². The molecular formula is C21H24ClN5. The minimum Gasteiger partial charge on any atom is -0.359 e. The standard InChI is InChI=1S/C21H24ClN5/c1-16-14-20(27(2)13-9-17-6-10-23-11-7-17)26-21(25-16)24-12-8-18-4-3-5-19(22)15-18/h3-7,10-11,14-15H,8-9,12-13H2,1-2H3,(H,24,25,26). The topological polar surface area (TPSA) is 53.9 Å². The second-order valence-electron chi connectivity index (χ2n) is 6.52. The number of benzene rings is 1. The minimum absolute atomic E-state index is 0.655. The fourth-order valence-electron chi connectivity index (χ4n) is 2.80. The van der Waals surface area contributed by atoms with Crippen LogP contribution in [-0.4, -0.2) is 35.1 Å². The van der Waals surface area contributed by atoms with Gasteiger partial charge in [0.25, 0.3) is 0 Å². The Morgan fingerprint density at radius 1 is 1.00 bits per heavy atom. The summed E-state index contributed by atoms with van der Waals surface area (Å²) in [5.41, 5.74) is 3.40. The molecular weight excluding hydrogens is 358 g/mol. The Bertz CT molecular complexity index is 869. The highest BCUT2D eigenvalue weighted by molar-refractivity contribution is 6.30. The Kier molecular flexibility index (Phi) is 6.60. The Morgan fingerprint density at radius 2 is 1.81 bits per heavy atom. The maximum atomic E-state index is 6.04. The summed E-state index contributed by atoms with van der Waals surface area (Å²) >= 11 is 6.04. The number of hydrogen-bond acceptors (Lipinski definition) is 5. The van der Waals surface area contributed by atoms with Gasteiger partial charge in [-0.2, -0.15) is 4.98 Å². The second kappa shape index (κ2) is 9.33. The van der Waals surface area contributed by atoms with Crippen LogP contribution in [0.1, 0.15) is 16.8 Å². The van der Waals surface area contributed by atoms with E-state index in [1.54, 1.807) is 0 Å². The van der Waals surface area contributed by atoms with E-state index in [2.05, 4.69) is 38.3 Å². The molecule has 2 aromatic heterocycles. The highest BCUT2D eigenvalue weighted by Gasteiger charge is 2.07. The molecule has 0 radical (unpaired) electrons. The van der Waals surface area contributed by atoms with Crippen LogP contribution in [0.3, 0.4) is 0 Å². The Hall–Kier alpha value is -2.66. The molecule has 0 saturated carbocycles. The third-order valence-electron chi connectivity index (χ3n) is 4.30. The van der Waals surface area contributed by atoms with Crippen LogP contribution in [0.25, 0.3) is 0 Å². The minimum atomic E-state index is 0.655. The van der Waals surface area contributed by atoms with Crippen molar-refractivity contribution in [1.29, 1.82) is 0 Å². The number of hydrogen-bond donors (Lipinski definition) is 1. The van der Waals surface area contributed by atoms with E-state index in [-0.39, 0.29) is 0 Å². The van der Waals surface area contributed by atoms with Crippen LogP contribution < -0.4 is 10.2 Å². The van der Waals surface area contributed by atoms with Gasteiger partial charge >= 0.3 is 0 Å².